The normalized spacial score (nSPS) is 11.7. The third kappa shape index (κ3) is 5.87. The maximum atomic E-state index is 12.6. The predicted molar refractivity (Wildman–Crippen MR) is 97.6 cm³/mol. The van der Waals surface area contributed by atoms with Crippen molar-refractivity contribution in [3.8, 4) is 5.75 Å². The van der Waals surface area contributed by atoms with Crippen molar-refractivity contribution in [2.24, 2.45) is 12.0 Å². The van der Waals surface area contributed by atoms with Gasteiger partial charge >= 0.3 is 6.61 Å². The number of hydrogen-bond acceptors (Lipinski definition) is 3. The van der Waals surface area contributed by atoms with Gasteiger partial charge in [-0.15, -0.1) is 0 Å². The van der Waals surface area contributed by atoms with Crippen LogP contribution in [0.2, 0.25) is 5.02 Å². The highest BCUT2D eigenvalue weighted by molar-refractivity contribution is 6.30. The molecule has 26 heavy (non-hydrogen) atoms. The summed E-state index contributed by atoms with van der Waals surface area (Å²) in [7, 11) is 3.75. The summed E-state index contributed by atoms with van der Waals surface area (Å²) in [6.45, 7) is 0.489. The number of ether oxygens (including phenoxy) is 1. The minimum absolute atomic E-state index is 0.0684. The molecule has 0 saturated carbocycles. The lowest BCUT2D eigenvalue weighted by Gasteiger charge is -2.21. The number of aliphatic imine (C=N–C) groups is 1. The topological polar surface area (TPSA) is 54.7 Å². The minimum Gasteiger partial charge on any atom is -0.434 e. The third-order valence-electron chi connectivity index (χ3n) is 3.51. The molecule has 0 aliphatic carbocycles. The Kier molecular flexibility index (Phi) is 7.20. The molecular formula is C17H22ClF2N5O. The fourth-order valence-corrected chi connectivity index (χ4v) is 2.61. The molecule has 0 radical (unpaired) electrons. The second-order valence-corrected chi connectivity index (χ2v) is 6.12. The summed E-state index contributed by atoms with van der Waals surface area (Å²) in [6, 6.07) is 4.51. The molecule has 0 fully saturated rings. The van der Waals surface area contributed by atoms with Crippen LogP contribution in [0.3, 0.4) is 0 Å². The van der Waals surface area contributed by atoms with Crippen molar-refractivity contribution in [1.82, 2.24) is 20.0 Å². The third-order valence-corrected chi connectivity index (χ3v) is 3.75. The van der Waals surface area contributed by atoms with E-state index in [4.69, 9.17) is 11.6 Å². The van der Waals surface area contributed by atoms with Gasteiger partial charge in [0.25, 0.3) is 0 Å². The largest absolute Gasteiger partial charge is 0.434 e. The van der Waals surface area contributed by atoms with Gasteiger partial charge in [0, 0.05) is 49.5 Å². The van der Waals surface area contributed by atoms with Gasteiger partial charge in [-0.2, -0.15) is 13.9 Å². The van der Waals surface area contributed by atoms with E-state index >= 15 is 0 Å². The zero-order chi connectivity index (χ0) is 19.1. The molecule has 1 heterocycles. The first kappa shape index (κ1) is 20.0. The highest BCUT2D eigenvalue weighted by Crippen LogP contribution is 2.25. The molecule has 1 aromatic carbocycles. The summed E-state index contributed by atoms with van der Waals surface area (Å²) in [5.41, 5.74) is 1.52. The van der Waals surface area contributed by atoms with Gasteiger partial charge in [0.05, 0.1) is 12.7 Å². The molecule has 1 aromatic heterocycles. The molecule has 0 unspecified atom stereocenters. The summed E-state index contributed by atoms with van der Waals surface area (Å²) >= 11 is 5.98. The van der Waals surface area contributed by atoms with Gasteiger partial charge in [-0.3, -0.25) is 4.68 Å². The second kappa shape index (κ2) is 9.38. The summed E-state index contributed by atoms with van der Waals surface area (Å²) in [6.07, 6.45) is 3.71. The van der Waals surface area contributed by atoms with Crippen LogP contribution in [0, 0.1) is 0 Å². The van der Waals surface area contributed by atoms with E-state index in [2.05, 4.69) is 20.1 Å². The van der Waals surface area contributed by atoms with Gasteiger partial charge in [-0.1, -0.05) is 11.6 Å². The van der Waals surface area contributed by atoms with Crippen LogP contribution in [0.25, 0.3) is 0 Å². The van der Waals surface area contributed by atoms with Gasteiger partial charge in [-0.25, -0.2) is 4.99 Å². The fraction of sp³-hybridized carbons (Fsp3) is 0.412. The first-order chi connectivity index (χ1) is 12.4. The predicted octanol–water partition coefficient (Wildman–Crippen LogP) is 3.27. The number of aryl methyl sites for hydroxylation is 1. The van der Waals surface area contributed by atoms with Crippen LogP contribution in [0.15, 0.2) is 35.6 Å². The Labute approximate surface area is 156 Å². The first-order valence-corrected chi connectivity index (χ1v) is 8.47. The fourth-order valence-electron chi connectivity index (χ4n) is 2.41. The van der Waals surface area contributed by atoms with Gasteiger partial charge < -0.3 is 15.0 Å². The van der Waals surface area contributed by atoms with E-state index in [9.17, 15) is 8.78 Å². The molecule has 6 nitrogen and oxygen atoms in total. The van der Waals surface area contributed by atoms with Crippen LogP contribution in [0.4, 0.5) is 8.78 Å². The summed E-state index contributed by atoms with van der Waals surface area (Å²) in [5.74, 6) is 0.707. The number of hydrogen-bond donors (Lipinski definition) is 1. The van der Waals surface area contributed by atoms with E-state index in [1.165, 1.54) is 12.1 Å². The number of alkyl halides is 2. The van der Waals surface area contributed by atoms with Crippen molar-refractivity contribution in [2.45, 2.75) is 26.6 Å². The number of nitrogens with one attached hydrogen (secondary N) is 1. The monoisotopic (exact) mass is 385 g/mol. The van der Waals surface area contributed by atoms with Gasteiger partial charge in [0.15, 0.2) is 5.96 Å². The molecular weight excluding hydrogens is 364 g/mol. The van der Waals surface area contributed by atoms with Crippen molar-refractivity contribution in [3.63, 3.8) is 0 Å². The van der Waals surface area contributed by atoms with E-state index in [1.807, 2.05) is 32.1 Å². The van der Waals surface area contributed by atoms with Crippen molar-refractivity contribution in [2.75, 3.05) is 13.6 Å². The van der Waals surface area contributed by atoms with Crippen molar-refractivity contribution < 1.29 is 13.5 Å². The van der Waals surface area contributed by atoms with E-state index in [0.717, 1.165) is 5.56 Å². The second-order valence-electron chi connectivity index (χ2n) is 5.68. The van der Waals surface area contributed by atoms with E-state index < -0.39 is 6.61 Å². The Morgan fingerprint density at radius 2 is 2.23 bits per heavy atom. The quantitative estimate of drug-likeness (QED) is 0.587. The lowest BCUT2D eigenvalue weighted by Crippen LogP contribution is -2.38. The number of halogens is 3. The number of nitrogens with zero attached hydrogens (tertiary/aromatic N) is 4. The summed E-state index contributed by atoms with van der Waals surface area (Å²) < 4.78 is 31.4. The van der Waals surface area contributed by atoms with Crippen molar-refractivity contribution in [1.29, 1.82) is 0 Å². The highest BCUT2D eigenvalue weighted by atomic mass is 35.5. The first-order valence-electron chi connectivity index (χ1n) is 8.09. The molecule has 142 valence electrons. The maximum Gasteiger partial charge on any atom is 0.387 e. The molecule has 0 aliphatic heterocycles. The Bertz CT molecular complexity index is 751. The lowest BCUT2D eigenvalue weighted by atomic mass is 10.2. The average molecular weight is 386 g/mol. The van der Waals surface area contributed by atoms with Gasteiger partial charge in [0.1, 0.15) is 5.75 Å². The Morgan fingerprint density at radius 3 is 2.85 bits per heavy atom. The zero-order valence-electron chi connectivity index (χ0n) is 14.9. The molecule has 0 spiro atoms. The molecule has 0 atom stereocenters. The summed E-state index contributed by atoms with van der Waals surface area (Å²) in [4.78, 5) is 6.45. The molecule has 0 amide bonds. The van der Waals surface area contributed by atoms with Crippen LogP contribution in [0.1, 0.15) is 18.1 Å². The highest BCUT2D eigenvalue weighted by Gasteiger charge is 2.12. The minimum atomic E-state index is -2.90. The summed E-state index contributed by atoms with van der Waals surface area (Å²) in [5, 5.41) is 7.76. The molecule has 0 saturated heterocycles. The Hall–Kier alpha value is -2.35. The number of rotatable bonds is 7. The maximum absolute atomic E-state index is 12.6. The standard InChI is InChI=1S/C17H22ClF2N5O/c1-4-21-17(24(2)10-12-8-23-25(3)11-12)22-9-13-7-14(18)5-6-15(13)26-16(19)20/h5-8,11,16H,4,9-10H2,1-3H3,(H,21,22). The number of benzene rings is 1. The van der Waals surface area contributed by atoms with E-state index in [1.54, 1.807) is 16.9 Å². The van der Waals surface area contributed by atoms with Crippen LogP contribution in [-0.4, -0.2) is 40.8 Å². The Morgan fingerprint density at radius 1 is 1.46 bits per heavy atom. The molecule has 2 rings (SSSR count). The lowest BCUT2D eigenvalue weighted by molar-refractivity contribution is -0.0504. The number of guanidine groups is 1. The molecule has 1 N–H and O–H groups in total. The molecule has 0 aliphatic rings. The van der Waals surface area contributed by atoms with Crippen molar-refractivity contribution >= 4 is 17.6 Å². The number of aromatic nitrogens is 2. The Balaban J connectivity index is 2.16. The van der Waals surface area contributed by atoms with Crippen LogP contribution in [-0.2, 0) is 20.1 Å². The SMILES string of the molecule is CCNC(=NCc1cc(Cl)ccc1OC(F)F)N(C)Cc1cnn(C)c1. The van der Waals surface area contributed by atoms with Crippen LogP contribution >= 0.6 is 11.6 Å². The van der Waals surface area contributed by atoms with E-state index in [-0.39, 0.29) is 12.3 Å². The smallest absolute Gasteiger partial charge is 0.387 e. The van der Waals surface area contributed by atoms with Crippen LogP contribution in [0.5, 0.6) is 5.75 Å². The van der Waals surface area contributed by atoms with Crippen LogP contribution < -0.4 is 10.1 Å². The van der Waals surface area contributed by atoms with Gasteiger partial charge in [-0.05, 0) is 25.1 Å². The van der Waals surface area contributed by atoms with Gasteiger partial charge in [0.2, 0.25) is 0 Å². The molecule has 0 bridgehead atoms. The van der Waals surface area contributed by atoms with E-state index in [0.29, 0.717) is 29.6 Å². The molecule has 9 heteroatoms. The van der Waals surface area contributed by atoms with Crippen molar-refractivity contribution in [3.05, 3.63) is 46.7 Å². The molecule has 2 aromatic rings. The average Bonchev–Trinajstić information content (AvgIpc) is 2.98. The zero-order valence-corrected chi connectivity index (χ0v) is 15.7.